The van der Waals surface area contributed by atoms with E-state index in [1.165, 1.54) is 6.42 Å². The molecule has 1 aromatic rings. The molecule has 3 N–H and O–H groups in total. The fourth-order valence-corrected chi connectivity index (χ4v) is 2.90. The van der Waals surface area contributed by atoms with Crippen LogP contribution in [-0.2, 0) is 0 Å². The summed E-state index contributed by atoms with van der Waals surface area (Å²) >= 11 is 0. The van der Waals surface area contributed by atoms with Crippen LogP contribution in [0, 0.1) is 29.9 Å². The fraction of sp³-hybridized carbons (Fsp3) is 0.571. The van der Waals surface area contributed by atoms with Gasteiger partial charge in [0.1, 0.15) is 0 Å². The number of rotatable bonds is 4. The number of nitrogens with two attached hydrogens (primary N) is 1. The molecule has 1 fully saturated rings. The van der Waals surface area contributed by atoms with E-state index in [0.717, 1.165) is 24.1 Å². The SMILES string of the molecule is Cc1cc(C)c([N+](=O)[O-])cc1NC1CCCC1CN. The molecule has 0 heterocycles. The van der Waals surface area contributed by atoms with E-state index in [0.29, 0.717) is 24.1 Å². The lowest BCUT2D eigenvalue weighted by atomic mass is 10.0. The third-order valence-electron chi connectivity index (χ3n) is 4.04. The topological polar surface area (TPSA) is 81.2 Å². The Balaban J connectivity index is 2.24. The normalized spacial score (nSPS) is 22.5. The Morgan fingerprint density at radius 3 is 2.74 bits per heavy atom. The third kappa shape index (κ3) is 2.87. The van der Waals surface area contributed by atoms with Gasteiger partial charge >= 0.3 is 0 Å². The summed E-state index contributed by atoms with van der Waals surface area (Å²) in [6, 6.07) is 3.86. The summed E-state index contributed by atoms with van der Waals surface area (Å²) in [5.41, 5.74) is 8.56. The van der Waals surface area contributed by atoms with Crippen LogP contribution in [-0.4, -0.2) is 17.5 Å². The van der Waals surface area contributed by atoms with Gasteiger partial charge < -0.3 is 11.1 Å². The Morgan fingerprint density at radius 2 is 2.11 bits per heavy atom. The first-order chi connectivity index (χ1) is 9.02. The summed E-state index contributed by atoms with van der Waals surface area (Å²) in [4.78, 5) is 10.7. The quantitative estimate of drug-likeness (QED) is 0.646. The summed E-state index contributed by atoms with van der Waals surface area (Å²) in [6.07, 6.45) is 3.40. The van der Waals surface area contributed by atoms with Crippen LogP contribution in [0.2, 0.25) is 0 Å². The predicted molar refractivity (Wildman–Crippen MR) is 76.4 cm³/mol. The molecule has 1 aromatic carbocycles. The van der Waals surface area contributed by atoms with E-state index in [9.17, 15) is 10.1 Å². The second-order valence-electron chi connectivity index (χ2n) is 5.39. The molecule has 2 atom stereocenters. The fourth-order valence-electron chi connectivity index (χ4n) is 2.90. The standard InChI is InChI=1S/C14H21N3O2/c1-9-6-10(2)14(17(18)19)7-13(9)16-12-5-3-4-11(12)8-15/h6-7,11-12,16H,3-5,8,15H2,1-2H3. The largest absolute Gasteiger partial charge is 0.382 e. The van der Waals surface area contributed by atoms with Crippen LogP contribution in [0.5, 0.6) is 0 Å². The van der Waals surface area contributed by atoms with Gasteiger partial charge in [0.15, 0.2) is 0 Å². The zero-order chi connectivity index (χ0) is 14.0. The van der Waals surface area contributed by atoms with Gasteiger partial charge in [-0.1, -0.05) is 6.42 Å². The van der Waals surface area contributed by atoms with Gasteiger partial charge in [-0.3, -0.25) is 10.1 Å². The Morgan fingerprint density at radius 1 is 1.37 bits per heavy atom. The van der Waals surface area contributed by atoms with Gasteiger partial charge in [-0.15, -0.1) is 0 Å². The molecule has 0 bridgehead atoms. The molecular formula is C14H21N3O2. The molecule has 2 unspecified atom stereocenters. The van der Waals surface area contributed by atoms with Gasteiger partial charge in [0.25, 0.3) is 5.69 Å². The van der Waals surface area contributed by atoms with Gasteiger partial charge in [-0.25, -0.2) is 0 Å². The molecule has 1 saturated carbocycles. The van der Waals surface area contributed by atoms with Gasteiger partial charge in [-0.05, 0) is 50.8 Å². The maximum absolute atomic E-state index is 11.0. The van der Waals surface area contributed by atoms with E-state index < -0.39 is 0 Å². The number of hydrogen-bond acceptors (Lipinski definition) is 4. The molecule has 1 aliphatic rings. The number of nitrogens with one attached hydrogen (secondary N) is 1. The van der Waals surface area contributed by atoms with Crippen LogP contribution >= 0.6 is 0 Å². The lowest BCUT2D eigenvalue weighted by Crippen LogP contribution is -2.29. The van der Waals surface area contributed by atoms with E-state index in [-0.39, 0.29) is 10.6 Å². The molecule has 5 heteroatoms. The highest BCUT2D eigenvalue weighted by Crippen LogP contribution is 2.31. The monoisotopic (exact) mass is 263 g/mol. The molecule has 0 spiro atoms. The van der Waals surface area contributed by atoms with Crippen molar-refractivity contribution in [3.63, 3.8) is 0 Å². The molecular weight excluding hydrogens is 242 g/mol. The molecule has 0 amide bonds. The zero-order valence-corrected chi connectivity index (χ0v) is 11.5. The highest BCUT2D eigenvalue weighted by Gasteiger charge is 2.26. The average molecular weight is 263 g/mol. The van der Waals surface area contributed by atoms with Crippen molar-refractivity contribution in [2.45, 2.75) is 39.2 Å². The van der Waals surface area contributed by atoms with Crippen LogP contribution in [0.15, 0.2) is 12.1 Å². The summed E-state index contributed by atoms with van der Waals surface area (Å²) in [5.74, 6) is 0.472. The Bertz CT molecular complexity index is 488. The van der Waals surface area contributed by atoms with Crippen molar-refractivity contribution in [1.29, 1.82) is 0 Å². The molecule has 2 rings (SSSR count). The molecule has 104 valence electrons. The highest BCUT2D eigenvalue weighted by molar-refractivity contribution is 5.60. The lowest BCUT2D eigenvalue weighted by molar-refractivity contribution is -0.385. The van der Waals surface area contributed by atoms with Crippen molar-refractivity contribution in [2.75, 3.05) is 11.9 Å². The molecule has 0 saturated heterocycles. The first kappa shape index (κ1) is 13.8. The summed E-state index contributed by atoms with van der Waals surface area (Å²) in [6.45, 7) is 4.42. The summed E-state index contributed by atoms with van der Waals surface area (Å²) < 4.78 is 0. The van der Waals surface area contributed by atoms with E-state index in [1.807, 2.05) is 13.0 Å². The number of nitrogens with zero attached hydrogens (tertiary/aromatic N) is 1. The second kappa shape index (κ2) is 5.57. The molecule has 0 aliphatic heterocycles. The number of aryl methyl sites for hydroxylation is 2. The zero-order valence-electron chi connectivity index (χ0n) is 11.5. The Kier molecular flexibility index (Phi) is 4.04. The number of nitro groups is 1. The van der Waals surface area contributed by atoms with Crippen molar-refractivity contribution in [1.82, 2.24) is 0 Å². The van der Waals surface area contributed by atoms with Crippen LogP contribution in [0.25, 0.3) is 0 Å². The van der Waals surface area contributed by atoms with Crippen LogP contribution in [0.4, 0.5) is 11.4 Å². The average Bonchev–Trinajstić information content (AvgIpc) is 2.79. The minimum Gasteiger partial charge on any atom is -0.382 e. The van der Waals surface area contributed by atoms with Gasteiger partial charge in [0.05, 0.1) is 4.92 Å². The molecule has 19 heavy (non-hydrogen) atoms. The van der Waals surface area contributed by atoms with E-state index >= 15 is 0 Å². The van der Waals surface area contributed by atoms with Crippen LogP contribution < -0.4 is 11.1 Å². The van der Waals surface area contributed by atoms with Crippen molar-refractivity contribution in [3.05, 3.63) is 33.4 Å². The predicted octanol–water partition coefficient (Wildman–Crippen LogP) is 2.75. The molecule has 1 aliphatic carbocycles. The van der Waals surface area contributed by atoms with Crippen molar-refractivity contribution < 1.29 is 4.92 Å². The third-order valence-corrected chi connectivity index (χ3v) is 4.04. The molecule has 0 radical (unpaired) electrons. The van der Waals surface area contributed by atoms with E-state index in [1.54, 1.807) is 13.0 Å². The van der Waals surface area contributed by atoms with Crippen LogP contribution in [0.1, 0.15) is 30.4 Å². The Labute approximate surface area is 113 Å². The second-order valence-corrected chi connectivity index (χ2v) is 5.39. The van der Waals surface area contributed by atoms with Gasteiger partial charge in [-0.2, -0.15) is 0 Å². The number of hydrogen-bond donors (Lipinski definition) is 2. The minimum atomic E-state index is -0.324. The lowest BCUT2D eigenvalue weighted by Gasteiger charge is -2.22. The maximum atomic E-state index is 11.0. The highest BCUT2D eigenvalue weighted by atomic mass is 16.6. The minimum absolute atomic E-state index is 0.176. The first-order valence-corrected chi connectivity index (χ1v) is 6.75. The van der Waals surface area contributed by atoms with Crippen LogP contribution in [0.3, 0.4) is 0 Å². The van der Waals surface area contributed by atoms with Crippen molar-refractivity contribution in [2.24, 2.45) is 11.7 Å². The Hall–Kier alpha value is -1.62. The molecule has 0 aromatic heterocycles. The maximum Gasteiger partial charge on any atom is 0.274 e. The molecule has 5 nitrogen and oxygen atoms in total. The summed E-state index contributed by atoms with van der Waals surface area (Å²) in [5, 5.41) is 14.4. The first-order valence-electron chi connectivity index (χ1n) is 6.75. The number of nitro benzene ring substituents is 1. The van der Waals surface area contributed by atoms with Crippen molar-refractivity contribution >= 4 is 11.4 Å². The van der Waals surface area contributed by atoms with Crippen molar-refractivity contribution in [3.8, 4) is 0 Å². The number of benzene rings is 1. The smallest absolute Gasteiger partial charge is 0.274 e. The van der Waals surface area contributed by atoms with Gasteiger partial charge in [0.2, 0.25) is 0 Å². The van der Waals surface area contributed by atoms with Gasteiger partial charge in [0, 0.05) is 23.4 Å². The van der Waals surface area contributed by atoms with E-state index in [4.69, 9.17) is 5.73 Å². The van der Waals surface area contributed by atoms with E-state index in [2.05, 4.69) is 5.32 Å². The number of anilines is 1. The summed E-state index contributed by atoms with van der Waals surface area (Å²) in [7, 11) is 0.